The Hall–Kier alpha value is -2.41. The molecule has 2 amide bonds. The van der Waals surface area contributed by atoms with Gasteiger partial charge in [-0.2, -0.15) is 0 Å². The van der Waals surface area contributed by atoms with Crippen LogP contribution < -0.4 is 10.6 Å². The Labute approximate surface area is 147 Å². The first kappa shape index (κ1) is 17.4. The van der Waals surface area contributed by atoms with Gasteiger partial charge >= 0.3 is 0 Å². The number of hydrogen-bond donors (Lipinski definition) is 3. The third-order valence-corrected chi connectivity index (χ3v) is 4.57. The summed E-state index contributed by atoms with van der Waals surface area (Å²) in [6, 6.07) is 5.72. The molecule has 1 aromatic carbocycles. The van der Waals surface area contributed by atoms with Crippen LogP contribution in [0.5, 0.6) is 0 Å². The molecule has 134 valence electrons. The Bertz CT molecular complexity index is 783. The molecule has 0 spiro atoms. The Morgan fingerprint density at radius 2 is 2.24 bits per heavy atom. The second-order valence-corrected chi connectivity index (χ2v) is 6.79. The van der Waals surface area contributed by atoms with Crippen molar-refractivity contribution in [2.75, 3.05) is 13.1 Å². The van der Waals surface area contributed by atoms with E-state index in [2.05, 4.69) is 25.5 Å². The van der Waals surface area contributed by atoms with Crippen LogP contribution in [0.2, 0.25) is 0 Å². The molecule has 3 N–H and O–H groups in total. The van der Waals surface area contributed by atoms with Gasteiger partial charge < -0.3 is 15.6 Å². The average molecular weight is 343 g/mol. The molecule has 2 heterocycles. The van der Waals surface area contributed by atoms with Gasteiger partial charge in [-0.25, -0.2) is 4.98 Å². The third kappa shape index (κ3) is 3.99. The second kappa shape index (κ2) is 7.23. The van der Waals surface area contributed by atoms with Crippen molar-refractivity contribution in [2.45, 2.75) is 45.8 Å². The zero-order valence-electron chi connectivity index (χ0n) is 14.9. The highest BCUT2D eigenvalue weighted by molar-refractivity contribution is 5.88. The van der Waals surface area contributed by atoms with E-state index in [1.807, 2.05) is 39.0 Å². The van der Waals surface area contributed by atoms with Gasteiger partial charge in [-0.1, -0.05) is 6.07 Å². The van der Waals surface area contributed by atoms with Gasteiger partial charge in [-0.05, 0) is 38.5 Å². The molecule has 1 fully saturated rings. The van der Waals surface area contributed by atoms with E-state index in [9.17, 15) is 9.59 Å². The predicted octanol–water partition coefficient (Wildman–Crippen LogP) is 1.09. The number of aryl methyl sites for hydroxylation is 1. The number of H-pyrrole nitrogens is 1. The molecule has 25 heavy (non-hydrogen) atoms. The minimum Gasteiger partial charge on any atom is -0.353 e. The van der Waals surface area contributed by atoms with Crippen molar-refractivity contribution in [3.05, 3.63) is 29.6 Å². The van der Waals surface area contributed by atoms with Gasteiger partial charge in [-0.3, -0.25) is 14.5 Å². The van der Waals surface area contributed by atoms with Crippen molar-refractivity contribution >= 4 is 22.8 Å². The molecule has 0 radical (unpaired) electrons. The van der Waals surface area contributed by atoms with Crippen molar-refractivity contribution in [3.8, 4) is 0 Å². The normalized spacial score (nSPS) is 18.6. The lowest BCUT2D eigenvalue weighted by Gasteiger charge is -2.37. The molecule has 1 saturated heterocycles. The van der Waals surface area contributed by atoms with Crippen LogP contribution in [0.25, 0.3) is 11.0 Å². The number of aromatic nitrogens is 2. The number of carbonyl (C=O) groups is 2. The van der Waals surface area contributed by atoms with Crippen molar-refractivity contribution in [1.29, 1.82) is 0 Å². The number of nitrogens with zero attached hydrogens (tertiary/aromatic N) is 2. The van der Waals surface area contributed by atoms with Crippen LogP contribution in [-0.2, 0) is 16.1 Å². The molecule has 0 aliphatic carbocycles. The molecule has 0 bridgehead atoms. The van der Waals surface area contributed by atoms with Crippen molar-refractivity contribution in [1.82, 2.24) is 25.5 Å². The molecule has 7 nitrogen and oxygen atoms in total. The summed E-state index contributed by atoms with van der Waals surface area (Å²) in [6.45, 7) is 7.85. The number of fused-ring (bicyclic) bond motifs is 1. The molecule has 7 heteroatoms. The Kier molecular flexibility index (Phi) is 5.03. The minimum absolute atomic E-state index is 0.0653. The average Bonchev–Trinajstić information content (AvgIpc) is 2.93. The summed E-state index contributed by atoms with van der Waals surface area (Å²) in [7, 11) is 0. The van der Waals surface area contributed by atoms with Crippen LogP contribution in [0.3, 0.4) is 0 Å². The van der Waals surface area contributed by atoms with Gasteiger partial charge in [0, 0.05) is 25.7 Å². The van der Waals surface area contributed by atoms with Crippen LogP contribution in [0.15, 0.2) is 18.2 Å². The van der Waals surface area contributed by atoms with Gasteiger partial charge in [0.1, 0.15) is 5.82 Å². The molecule has 1 aliphatic heterocycles. The van der Waals surface area contributed by atoms with Crippen LogP contribution in [-0.4, -0.2) is 51.9 Å². The van der Waals surface area contributed by atoms with Gasteiger partial charge in [-0.15, -0.1) is 0 Å². The Balaban J connectivity index is 1.60. The van der Waals surface area contributed by atoms with Crippen molar-refractivity contribution in [2.24, 2.45) is 0 Å². The zero-order valence-corrected chi connectivity index (χ0v) is 14.9. The summed E-state index contributed by atoms with van der Waals surface area (Å²) in [5, 5.41) is 5.76. The van der Waals surface area contributed by atoms with E-state index < -0.39 is 6.04 Å². The largest absolute Gasteiger partial charge is 0.353 e. The molecule has 0 saturated carbocycles. The summed E-state index contributed by atoms with van der Waals surface area (Å²) in [4.78, 5) is 34.1. The summed E-state index contributed by atoms with van der Waals surface area (Å²) in [6.07, 6.45) is 0.176. The molecular weight excluding hydrogens is 318 g/mol. The van der Waals surface area contributed by atoms with E-state index in [1.165, 1.54) is 0 Å². The number of benzene rings is 1. The van der Waals surface area contributed by atoms with Gasteiger partial charge in [0.05, 0.1) is 23.5 Å². The van der Waals surface area contributed by atoms with Crippen molar-refractivity contribution in [3.63, 3.8) is 0 Å². The number of carbonyl (C=O) groups excluding carboxylic acids is 2. The molecule has 1 unspecified atom stereocenters. The van der Waals surface area contributed by atoms with Crippen LogP contribution in [0.4, 0.5) is 0 Å². The standard InChI is InChI=1S/C18H25N5O2/c1-11(2)23-7-6-19-18(25)16(23)9-17(24)20-10-13-4-5-14-15(8-13)22-12(3)21-14/h4-5,8,11,16H,6-7,9-10H2,1-3H3,(H,19,25)(H,20,24)(H,21,22). The maximum Gasteiger partial charge on any atom is 0.237 e. The van der Waals surface area contributed by atoms with Crippen LogP contribution in [0, 0.1) is 6.92 Å². The third-order valence-electron chi connectivity index (χ3n) is 4.57. The molecule has 1 aliphatic rings. The lowest BCUT2D eigenvalue weighted by Crippen LogP contribution is -2.58. The molecule has 2 aromatic rings. The van der Waals surface area contributed by atoms with Crippen LogP contribution in [0.1, 0.15) is 31.7 Å². The number of rotatable bonds is 5. The maximum absolute atomic E-state index is 12.3. The lowest BCUT2D eigenvalue weighted by atomic mass is 10.1. The highest BCUT2D eigenvalue weighted by Crippen LogP contribution is 2.15. The predicted molar refractivity (Wildman–Crippen MR) is 95.9 cm³/mol. The van der Waals surface area contributed by atoms with Gasteiger partial charge in [0.15, 0.2) is 0 Å². The summed E-state index contributed by atoms with van der Waals surface area (Å²) >= 11 is 0. The number of amides is 2. The Morgan fingerprint density at radius 3 is 3.00 bits per heavy atom. The number of piperazine rings is 1. The fourth-order valence-electron chi connectivity index (χ4n) is 3.30. The van der Waals surface area contributed by atoms with E-state index in [0.717, 1.165) is 29.0 Å². The quantitative estimate of drug-likeness (QED) is 0.758. The van der Waals surface area contributed by atoms with Crippen molar-refractivity contribution < 1.29 is 9.59 Å². The molecule has 1 atom stereocenters. The van der Waals surface area contributed by atoms with Gasteiger partial charge in [0.25, 0.3) is 0 Å². The van der Waals surface area contributed by atoms with E-state index in [1.54, 1.807) is 0 Å². The SMILES string of the molecule is Cc1nc2ccc(CNC(=O)CC3C(=O)NCCN3C(C)C)cc2[nH]1. The van der Waals surface area contributed by atoms with E-state index in [-0.39, 0.29) is 24.3 Å². The summed E-state index contributed by atoms with van der Waals surface area (Å²) < 4.78 is 0. The van der Waals surface area contributed by atoms with E-state index >= 15 is 0 Å². The number of aromatic amines is 1. The number of imidazole rings is 1. The summed E-state index contributed by atoms with van der Waals surface area (Å²) in [5.41, 5.74) is 2.87. The fraction of sp³-hybridized carbons (Fsp3) is 0.500. The van der Waals surface area contributed by atoms with Crippen LogP contribution >= 0.6 is 0 Å². The van der Waals surface area contributed by atoms with E-state index in [4.69, 9.17) is 0 Å². The number of nitrogens with one attached hydrogen (secondary N) is 3. The van der Waals surface area contributed by atoms with Gasteiger partial charge in [0.2, 0.25) is 11.8 Å². The molecule has 1 aromatic heterocycles. The Morgan fingerprint density at radius 1 is 1.44 bits per heavy atom. The first-order chi connectivity index (χ1) is 11.9. The maximum atomic E-state index is 12.3. The lowest BCUT2D eigenvalue weighted by molar-refractivity contribution is -0.134. The first-order valence-corrected chi connectivity index (χ1v) is 8.69. The molecular formula is C18H25N5O2. The first-order valence-electron chi connectivity index (χ1n) is 8.69. The monoisotopic (exact) mass is 343 g/mol. The summed E-state index contributed by atoms with van der Waals surface area (Å²) in [5.74, 6) is 0.686. The second-order valence-electron chi connectivity index (χ2n) is 6.79. The fourth-order valence-corrected chi connectivity index (χ4v) is 3.30. The highest BCUT2D eigenvalue weighted by atomic mass is 16.2. The van der Waals surface area contributed by atoms with E-state index in [0.29, 0.717) is 13.1 Å². The number of hydrogen-bond acceptors (Lipinski definition) is 4. The smallest absolute Gasteiger partial charge is 0.237 e. The topological polar surface area (TPSA) is 90.1 Å². The highest BCUT2D eigenvalue weighted by Gasteiger charge is 2.32. The zero-order chi connectivity index (χ0) is 18.0. The minimum atomic E-state index is -0.397. The molecule has 3 rings (SSSR count).